The maximum absolute atomic E-state index is 11.7. The van der Waals surface area contributed by atoms with Gasteiger partial charge in [-0.05, 0) is 19.4 Å². The van der Waals surface area contributed by atoms with Crippen LogP contribution in [0.5, 0.6) is 0 Å². The van der Waals surface area contributed by atoms with Gasteiger partial charge in [-0.15, -0.1) is 0 Å². The smallest absolute Gasteiger partial charge is 0.334 e. The lowest BCUT2D eigenvalue weighted by molar-refractivity contribution is -0.135. The van der Waals surface area contributed by atoms with E-state index in [0.717, 1.165) is 22.8 Å². The molecule has 4 nitrogen and oxygen atoms in total. The molecular weight excluding hydrogens is 244 g/mol. The van der Waals surface area contributed by atoms with E-state index in [4.69, 9.17) is 4.74 Å². The van der Waals surface area contributed by atoms with Gasteiger partial charge in [0.15, 0.2) is 5.76 Å². The summed E-state index contributed by atoms with van der Waals surface area (Å²) < 4.78 is 9.89. The largest absolute Gasteiger partial charge is 0.466 e. The zero-order valence-electron chi connectivity index (χ0n) is 11.0. The molecule has 4 heteroatoms. The van der Waals surface area contributed by atoms with Gasteiger partial charge in [-0.25, -0.2) is 4.79 Å². The SMILES string of the molecule is COC(=O)/C=C1/OC(c2ccc(C)cc2C)=CC1=O. The zero-order valence-corrected chi connectivity index (χ0v) is 11.0. The third-order valence-corrected chi connectivity index (χ3v) is 2.82. The van der Waals surface area contributed by atoms with E-state index in [1.165, 1.54) is 13.2 Å². The van der Waals surface area contributed by atoms with Gasteiger partial charge in [-0.2, -0.15) is 0 Å². The predicted octanol–water partition coefficient (Wildman–Crippen LogP) is 2.30. The van der Waals surface area contributed by atoms with Crippen LogP contribution in [0.1, 0.15) is 16.7 Å². The average molecular weight is 258 g/mol. The first-order valence-electron chi connectivity index (χ1n) is 5.82. The molecule has 2 rings (SSSR count). The molecule has 1 aromatic carbocycles. The standard InChI is InChI=1S/C15H14O4/c1-9-4-5-11(10(2)6-9)13-7-12(16)14(19-13)8-15(17)18-3/h4-8H,1-3H3/b14-8+. The van der Waals surface area contributed by atoms with Crippen LogP contribution >= 0.6 is 0 Å². The third-order valence-electron chi connectivity index (χ3n) is 2.82. The topological polar surface area (TPSA) is 52.6 Å². The van der Waals surface area contributed by atoms with E-state index < -0.39 is 5.97 Å². The molecule has 1 aliphatic rings. The minimum Gasteiger partial charge on any atom is -0.466 e. The summed E-state index contributed by atoms with van der Waals surface area (Å²) in [6.07, 6.45) is 2.43. The molecule has 0 amide bonds. The van der Waals surface area contributed by atoms with Crippen LogP contribution in [0.3, 0.4) is 0 Å². The Kier molecular flexibility index (Phi) is 3.51. The third kappa shape index (κ3) is 2.73. The minimum atomic E-state index is -0.612. The van der Waals surface area contributed by atoms with Gasteiger partial charge in [0, 0.05) is 11.6 Å². The van der Waals surface area contributed by atoms with E-state index in [1.807, 2.05) is 32.0 Å². The van der Waals surface area contributed by atoms with Crippen molar-refractivity contribution in [3.05, 3.63) is 52.8 Å². The van der Waals surface area contributed by atoms with Gasteiger partial charge in [-0.3, -0.25) is 4.79 Å². The molecule has 19 heavy (non-hydrogen) atoms. The van der Waals surface area contributed by atoms with Crippen molar-refractivity contribution < 1.29 is 19.1 Å². The molecular formula is C15H14O4. The first kappa shape index (κ1) is 13.1. The molecule has 0 saturated carbocycles. The Morgan fingerprint density at radius 3 is 2.68 bits per heavy atom. The van der Waals surface area contributed by atoms with Crippen molar-refractivity contribution in [1.29, 1.82) is 0 Å². The van der Waals surface area contributed by atoms with E-state index in [9.17, 15) is 9.59 Å². The summed E-state index contributed by atoms with van der Waals surface area (Å²) in [5, 5.41) is 0. The van der Waals surface area contributed by atoms with Crippen molar-refractivity contribution in [2.45, 2.75) is 13.8 Å². The van der Waals surface area contributed by atoms with Gasteiger partial charge < -0.3 is 9.47 Å². The fraction of sp³-hybridized carbons (Fsp3) is 0.200. The van der Waals surface area contributed by atoms with Crippen molar-refractivity contribution in [2.75, 3.05) is 7.11 Å². The lowest BCUT2D eigenvalue weighted by Crippen LogP contribution is -2.01. The predicted molar refractivity (Wildman–Crippen MR) is 70.1 cm³/mol. The number of rotatable bonds is 2. The van der Waals surface area contributed by atoms with Crippen LogP contribution in [0.25, 0.3) is 5.76 Å². The van der Waals surface area contributed by atoms with Crippen LogP contribution in [0, 0.1) is 13.8 Å². The molecule has 98 valence electrons. The molecule has 0 N–H and O–H groups in total. The molecule has 1 aliphatic heterocycles. The fourth-order valence-corrected chi connectivity index (χ4v) is 1.88. The highest BCUT2D eigenvalue weighted by molar-refractivity contribution is 6.12. The number of carbonyl (C=O) groups excluding carboxylic acids is 2. The highest BCUT2D eigenvalue weighted by Crippen LogP contribution is 2.29. The number of hydrogen-bond donors (Lipinski definition) is 0. The number of allylic oxidation sites excluding steroid dienone is 1. The number of methoxy groups -OCH3 is 1. The van der Waals surface area contributed by atoms with Crippen LogP contribution in [-0.4, -0.2) is 18.9 Å². The first-order valence-corrected chi connectivity index (χ1v) is 5.82. The Bertz CT molecular complexity index is 609. The van der Waals surface area contributed by atoms with E-state index in [2.05, 4.69) is 4.74 Å². The van der Waals surface area contributed by atoms with Gasteiger partial charge >= 0.3 is 5.97 Å². The van der Waals surface area contributed by atoms with Crippen molar-refractivity contribution in [2.24, 2.45) is 0 Å². The Morgan fingerprint density at radius 2 is 2.05 bits per heavy atom. The Labute approximate surface area is 111 Å². The summed E-state index contributed by atoms with van der Waals surface area (Å²) in [6, 6.07) is 5.84. The lowest BCUT2D eigenvalue weighted by Gasteiger charge is -2.08. The maximum Gasteiger partial charge on any atom is 0.334 e. The molecule has 0 atom stereocenters. The van der Waals surface area contributed by atoms with E-state index in [0.29, 0.717) is 5.76 Å². The number of carbonyl (C=O) groups is 2. The maximum atomic E-state index is 11.7. The van der Waals surface area contributed by atoms with Crippen LogP contribution < -0.4 is 0 Å². The number of benzene rings is 1. The first-order chi connectivity index (χ1) is 9.01. The summed E-state index contributed by atoms with van der Waals surface area (Å²) in [5.74, 6) is -0.501. The molecule has 0 unspecified atom stereocenters. The van der Waals surface area contributed by atoms with Gasteiger partial charge in [0.05, 0.1) is 13.2 Å². The number of hydrogen-bond acceptors (Lipinski definition) is 4. The quantitative estimate of drug-likeness (QED) is 0.603. The molecule has 0 saturated heterocycles. The molecule has 0 fully saturated rings. The molecule has 0 aromatic heterocycles. The summed E-state index contributed by atoms with van der Waals surface area (Å²) in [5.41, 5.74) is 2.99. The lowest BCUT2D eigenvalue weighted by atomic mass is 10.0. The van der Waals surface area contributed by atoms with E-state index >= 15 is 0 Å². The zero-order chi connectivity index (χ0) is 14.0. The van der Waals surface area contributed by atoms with Crippen molar-refractivity contribution in [3.63, 3.8) is 0 Å². The number of ketones is 1. The molecule has 1 aromatic rings. The highest BCUT2D eigenvalue weighted by atomic mass is 16.5. The molecule has 0 spiro atoms. The second-order valence-electron chi connectivity index (χ2n) is 4.33. The number of ether oxygens (including phenoxy) is 2. The van der Waals surface area contributed by atoms with Gasteiger partial charge in [0.1, 0.15) is 5.76 Å². The second kappa shape index (κ2) is 5.10. The highest BCUT2D eigenvalue weighted by Gasteiger charge is 2.23. The van der Waals surface area contributed by atoms with Gasteiger partial charge in [0.2, 0.25) is 5.78 Å². The Morgan fingerprint density at radius 1 is 1.32 bits per heavy atom. The van der Waals surface area contributed by atoms with Gasteiger partial charge in [0.25, 0.3) is 0 Å². The monoisotopic (exact) mass is 258 g/mol. The van der Waals surface area contributed by atoms with Gasteiger partial charge in [-0.1, -0.05) is 23.8 Å². The minimum absolute atomic E-state index is 0.0122. The average Bonchev–Trinajstić information content (AvgIpc) is 2.70. The van der Waals surface area contributed by atoms with E-state index in [-0.39, 0.29) is 11.5 Å². The molecule has 1 heterocycles. The van der Waals surface area contributed by atoms with Crippen molar-refractivity contribution >= 4 is 17.5 Å². The van der Waals surface area contributed by atoms with Crippen LogP contribution in [-0.2, 0) is 19.1 Å². The number of aryl methyl sites for hydroxylation is 2. The molecule has 0 radical (unpaired) electrons. The van der Waals surface area contributed by atoms with E-state index in [1.54, 1.807) is 0 Å². The van der Waals surface area contributed by atoms with Crippen LogP contribution in [0.4, 0.5) is 0 Å². The summed E-state index contributed by atoms with van der Waals surface area (Å²) in [4.78, 5) is 22.8. The molecule has 0 bridgehead atoms. The van der Waals surface area contributed by atoms with Crippen LogP contribution in [0.2, 0.25) is 0 Å². The summed E-state index contributed by atoms with van der Waals surface area (Å²) in [6.45, 7) is 3.94. The van der Waals surface area contributed by atoms with Crippen molar-refractivity contribution in [3.8, 4) is 0 Å². The normalized spacial score (nSPS) is 16.3. The second-order valence-corrected chi connectivity index (χ2v) is 4.33. The molecule has 0 aliphatic carbocycles. The summed E-state index contributed by atoms with van der Waals surface area (Å²) >= 11 is 0. The van der Waals surface area contributed by atoms with Crippen LogP contribution in [0.15, 0.2) is 36.1 Å². The Hall–Kier alpha value is -2.36. The number of esters is 1. The summed E-state index contributed by atoms with van der Waals surface area (Å²) in [7, 11) is 1.25. The fourth-order valence-electron chi connectivity index (χ4n) is 1.88. The van der Waals surface area contributed by atoms with Crippen molar-refractivity contribution in [1.82, 2.24) is 0 Å². The Balaban J connectivity index is 2.30.